The molecule has 0 saturated heterocycles. The van der Waals surface area contributed by atoms with Crippen LogP contribution in [0.3, 0.4) is 0 Å². The average Bonchev–Trinajstić information content (AvgIpc) is 2.34. The van der Waals surface area contributed by atoms with E-state index in [2.05, 4.69) is 6.58 Å². The zero-order valence-electron chi connectivity index (χ0n) is 13.6. The Morgan fingerprint density at radius 2 is 1.90 bits per heavy atom. The van der Waals surface area contributed by atoms with Gasteiger partial charge in [-0.1, -0.05) is 37.5 Å². The first kappa shape index (κ1) is 17.7. The summed E-state index contributed by atoms with van der Waals surface area (Å²) in [5.41, 5.74) is 0.331. The van der Waals surface area contributed by atoms with Crippen LogP contribution in [-0.4, -0.2) is 17.4 Å². The third kappa shape index (κ3) is 7.84. The van der Waals surface area contributed by atoms with Crippen molar-refractivity contribution in [2.75, 3.05) is 0 Å². The van der Waals surface area contributed by atoms with E-state index in [-0.39, 0.29) is 11.9 Å². The number of ketones is 1. The molecule has 3 nitrogen and oxygen atoms in total. The maximum Gasteiger partial charge on any atom is 0.331 e. The van der Waals surface area contributed by atoms with Crippen LogP contribution >= 0.6 is 0 Å². The molecule has 118 valence electrons. The molecule has 1 rings (SSSR count). The Bertz CT molecular complexity index is 413. The predicted octanol–water partition coefficient (Wildman–Crippen LogP) is 4.37. The molecule has 0 radical (unpaired) electrons. The summed E-state index contributed by atoms with van der Waals surface area (Å²) >= 11 is 0. The van der Waals surface area contributed by atoms with E-state index in [0.29, 0.717) is 18.6 Å². The molecule has 1 atom stereocenters. The van der Waals surface area contributed by atoms with Crippen molar-refractivity contribution in [3.8, 4) is 0 Å². The highest BCUT2D eigenvalue weighted by molar-refractivity contribution is 5.83. The Labute approximate surface area is 128 Å². The number of ether oxygens (including phenoxy) is 1. The van der Waals surface area contributed by atoms with Gasteiger partial charge in [-0.05, 0) is 40.0 Å². The fourth-order valence-electron chi connectivity index (χ4n) is 2.53. The Morgan fingerprint density at radius 3 is 2.57 bits per heavy atom. The summed E-state index contributed by atoms with van der Waals surface area (Å²) in [7, 11) is 0. The van der Waals surface area contributed by atoms with E-state index in [1.54, 1.807) is 6.08 Å². The minimum Gasteiger partial charge on any atom is -0.457 e. The lowest BCUT2D eigenvalue weighted by Gasteiger charge is -2.19. The number of esters is 1. The lowest BCUT2D eigenvalue weighted by molar-refractivity contribution is -0.148. The molecule has 1 fully saturated rings. The van der Waals surface area contributed by atoms with Crippen molar-refractivity contribution in [1.29, 1.82) is 0 Å². The van der Waals surface area contributed by atoms with Gasteiger partial charge in [0.1, 0.15) is 11.4 Å². The normalized spacial score (nSPS) is 20.9. The molecule has 0 heterocycles. The lowest BCUT2D eigenvalue weighted by Crippen LogP contribution is -2.22. The third-order valence-corrected chi connectivity index (χ3v) is 3.55. The van der Waals surface area contributed by atoms with E-state index < -0.39 is 5.60 Å². The van der Waals surface area contributed by atoms with E-state index in [1.807, 2.05) is 20.8 Å². The molecule has 21 heavy (non-hydrogen) atoms. The molecular weight excluding hydrogens is 264 g/mol. The largest absolute Gasteiger partial charge is 0.457 e. The van der Waals surface area contributed by atoms with E-state index in [4.69, 9.17) is 4.74 Å². The van der Waals surface area contributed by atoms with Crippen LogP contribution in [0.1, 0.15) is 65.7 Å². The quantitative estimate of drug-likeness (QED) is 0.439. The molecule has 0 N–H and O–H groups in total. The first-order valence-electron chi connectivity index (χ1n) is 7.89. The van der Waals surface area contributed by atoms with Gasteiger partial charge in [-0.2, -0.15) is 0 Å². The standard InChI is InChI=1S/C18H28O3/c1-14(11-12-17(20)21-18(2,3)4)13-15-9-7-5-6-8-10-16(15)19/h11-12,15H,1,5-10,13H2,2-4H3/b12-11+. The molecule has 0 aromatic carbocycles. The van der Waals surface area contributed by atoms with E-state index in [1.165, 1.54) is 12.5 Å². The van der Waals surface area contributed by atoms with Gasteiger partial charge in [0.15, 0.2) is 0 Å². The highest BCUT2D eigenvalue weighted by Crippen LogP contribution is 2.25. The number of carbonyl (C=O) groups is 2. The Kier molecular flexibility index (Phi) is 6.86. The first-order valence-corrected chi connectivity index (χ1v) is 7.89. The van der Waals surface area contributed by atoms with Crippen LogP contribution in [-0.2, 0) is 14.3 Å². The molecule has 3 heteroatoms. The summed E-state index contributed by atoms with van der Waals surface area (Å²) in [5.74, 6) is 0.0512. The molecule has 0 aromatic rings. The molecule has 0 amide bonds. The number of Topliss-reactive ketones (excluding diaryl/α,β-unsaturated/α-hetero) is 1. The SMILES string of the molecule is C=C(/C=C/C(=O)OC(C)(C)C)CC1CCCCCCC1=O. The maximum absolute atomic E-state index is 12.1. The minimum absolute atomic E-state index is 0.0705. The van der Waals surface area contributed by atoms with Gasteiger partial charge in [0.2, 0.25) is 0 Å². The van der Waals surface area contributed by atoms with Gasteiger partial charge in [-0.3, -0.25) is 4.79 Å². The third-order valence-electron chi connectivity index (χ3n) is 3.55. The number of hydrogen-bond acceptors (Lipinski definition) is 3. The predicted molar refractivity (Wildman–Crippen MR) is 84.9 cm³/mol. The molecule has 0 spiro atoms. The van der Waals surface area contributed by atoms with E-state index >= 15 is 0 Å². The monoisotopic (exact) mass is 292 g/mol. The second-order valence-corrected chi connectivity index (χ2v) is 6.85. The maximum atomic E-state index is 12.1. The number of allylic oxidation sites excluding steroid dienone is 2. The average molecular weight is 292 g/mol. The van der Waals surface area contributed by atoms with E-state index in [9.17, 15) is 9.59 Å². The Balaban J connectivity index is 2.47. The minimum atomic E-state index is -0.488. The summed E-state index contributed by atoms with van der Waals surface area (Å²) in [6.07, 6.45) is 9.86. The van der Waals surface area contributed by atoms with Crippen molar-refractivity contribution in [3.63, 3.8) is 0 Å². The molecule has 0 bridgehead atoms. The number of carbonyl (C=O) groups excluding carboxylic acids is 2. The van der Waals surface area contributed by atoms with Crippen molar-refractivity contribution >= 4 is 11.8 Å². The van der Waals surface area contributed by atoms with Crippen LogP contribution in [0.4, 0.5) is 0 Å². The van der Waals surface area contributed by atoms with Crippen molar-refractivity contribution in [3.05, 3.63) is 24.3 Å². The highest BCUT2D eigenvalue weighted by Gasteiger charge is 2.20. The number of hydrogen-bond donors (Lipinski definition) is 0. The molecule has 1 aliphatic rings. The molecule has 1 saturated carbocycles. The lowest BCUT2D eigenvalue weighted by atomic mass is 9.86. The smallest absolute Gasteiger partial charge is 0.331 e. The van der Waals surface area contributed by atoms with Crippen LogP contribution in [0.5, 0.6) is 0 Å². The molecule has 1 aliphatic carbocycles. The molecule has 1 unspecified atom stereocenters. The summed E-state index contributed by atoms with van der Waals surface area (Å²) in [4.78, 5) is 23.7. The Morgan fingerprint density at radius 1 is 1.24 bits per heavy atom. The number of rotatable bonds is 4. The first-order chi connectivity index (χ1) is 9.78. The van der Waals surface area contributed by atoms with Gasteiger partial charge in [0.05, 0.1) is 0 Å². The molecular formula is C18H28O3. The Hall–Kier alpha value is -1.38. The second kappa shape index (κ2) is 8.16. The summed E-state index contributed by atoms with van der Waals surface area (Å²) in [6, 6.07) is 0. The van der Waals surface area contributed by atoms with Gasteiger partial charge < -0.3 is 4.74 Å². The fourth-order valence-corrected chi connectivity index (χ4v) is 2.53. The van der Waals surface area contributed by atoms with E-state index in [0.717, 1.165) is 31.3 Å². The van der Waals surface area contributed by atoms with Crippen molar-refractivity contribution in [2.45, 2.75) is 71.3 Å². The van der Waals surface area contributed by atoms with Crippen LogP contribution in [0.25, 0.3) is 0 Å². The zero-order valence-corrected chi connectivity index (χ0v) is 13.6. The van der Waals surface area contributed by atoms with Crippen molar-refractivity contribution < 1.29 is 14.3 Å². The molecule has 0 aromatic heterocycles. The van der Waals surface area contributed by atoms with Crippen molar-refractivity contribution in [2.24, 2.45) is 5.92 Å². The zero-order chi connectivity index (χ0) is 15.9. The molecule has 0 aliphatic heterocycles. The second-order valence-electron chi connectivity index (χ2n) is 6.85. The summed E-state index contributed by atoms with van der Waals surface area (Å²) in [5, 5.41) is 0. The van der Waals surface area contributed by atoms with Crippen LogP contribution in [0, 0.1) is 5.92 Å². The fraction of sp³-hybridized carbons (Fsp3) is 0.667. The highest BCUT2D eigenvalue weighted by atomic mass is 16.6. The van der Waals surface area contributed by atoms with Crippen LogP contribution < -0.4 is 0 Å². The van der Waals surface area contributed by atoms with Gasteiger partial charge >= 0.3 is 5.97 Å². The topological polar surface area (TPSA) is 43.4 Å². The van der Waals surface area contributed by atoms with Gasteiger partial charge in [0, 0.05) is 18.4 Å². The van der Waals surface area contributed by atoms with Gasteiger partial charge in [-0.25, -0.2) is 4.79 Å². The van der Waals surface area contributed by atoms with Crippen molar-refractivity contribution in [1.82, 2.24) is 0 Å². The summed E-state index contributed by atoms with van der Waals surface area (Å²) < 4.78 is 5.20. The van der Waals surface area contributed by atoms with Gasteiger partial charge in [-0.15, -0.1) is 0 Å². The van der Waals surface area contributed by atoms with Gasteiger partial charge in [0.25, 0.3) is 0 Å². The summed E-state index contributed by atoms with van der Waals surface area (Å²) in [6.45, 7) is 9.46. The van der Waals surface area contributed by atoms with Crippen LogP contribution in [0.2, 0.25) is 0 Å². The van der Waals surface area contributed by atoms with Crippen LogP contribution in [0.15, 0.2) is 24.3 Å².